The van der Waals surface area contributed by atoms with Gasteiger partial charge in [-0.1, -0.05) is 40.9 Å². The second-order valence-electron chi connectivity index (χ2n) is 6.17. The molecule has 1 fully saturated rings. The number of carbonyl (C=O) groups excluding carboxylic acids is 2. The number of halogens is 4. The van der Waals surface area contributed by atoms with Crippen LogP contribution in [0, 0.1) is 5.82 Å². The molecule has 142 valence electrons. The molecule has 0 spiro atoms. The Bertz CT molecular complexity index is 863. The van der Waals surface area contributed by atoms with Crippen LogP contribution in [0.2, 0.25) is 15.1 Å². The van der Waals surface area contributed by atoms with E-state index in [0.717, 1.165) is 6.07 Å². The molecule has 0 radical (unpaired) electrons. The Morgan fingerprint density at radius 1 is 0.889 bits per heavy atom. The monoisotopic (exact) mass is 428 g/mol. The molecule has 2 aromatic carbocycles. The smallest absolute Gasteiger partial charge is 0.255 e. The van der Waals surface area contributed by atoms with Gasteiger partial charge in [-0.2, -0.15) is 0 Å². The van der Waals surface area contributed by atoms with E-state index in [-0.39, 0.29) is 28.8 Å². The highest BCUT2D eigenvalue weighted by atomic mass is 35.5. The molecule has 1 aliphatic rings. The average Bonchev–Trinajstić information content (AvgIpc) is 2.64. The highest BCUT2D eigenvalue weighted by Gasteiger charge is 2.26. The molecule has 1 heterocycles. The molecule has 2 aromatic rings. The van der Waals surface area contributed by atoms with Crippen LogP contribution in [0.5, 0.6) is 0 Å². The first kappa shape index (κ1) is 19.9. The Hall–Kier alpha value is -1.82. The molecule has 0 N–H and O–H groups in total. The highest BCUT2D eigenvalue weighted by Crippen LogP contribution is 2.25. The van der Waals surface area contributed by atoms with Crippen molar-refractivity contribution in [3.63, 3.8) is 0 Å². The van der Waals surface area contributed by atoms with Crippen LogP contribution in [0.4, 0.5) is 4.39 Å². The van der Waals surface area contributed by atoms with Crippen LogP contribution in [-0.4, -0.2) is 47.8 Å². The number of rotatable bonds is 3. The van der Waals surface area contributed by atoms with Gasteiger partial charge in [0.1, 0.15) is 5.82 Å². The van der Waals surface area contributed by atoms with Crippen molar-refractivity contribution in [2.24, 2.45) is 0 Å². The van der Waals surface area contributed by atoms with Crippen LogP contribution in [0.15, 0.2) is 36.4 Å². The maximum Gasteiger partial charge on any atom is 0.255 e. The van der Waals surface area contributed by atoms with Gasteiger partial charge in [-0.3, -0.25) is 9.59 Å². The summed E-state index contributed by atoms with van der Waals surface area (Å²) in [6, 6.07) is 8.80. The number of benzene rings is 2. The minimum atomic E-state index is -0.495. The van der Waals surface area contributed by atoms with Crippen molar-refractivity contribution in [3.8, 4) is 0 Å². The van der Waals surface area contributed by atoms with E-state index in [9.17, 15) is 14.0 Å². The molecule has 0 aromatic heterocycles. The normalized spacial score (nSPS) is 14.4. The lowest BCUT2D eigenvalue weighted by Gasteiger charge is -2.35. The first-order valence-corrected chi connectivity index (χ1v) is 9.45. The highest BCUT2D eigenvalue weighted by molar-refractivity contribution is 6.36. The van der Waals surface area contributed by atoms with E-state index in [1.165, 1.54) is 12.1 Å². The number of nitrogens with zero attached hydrogens (tertiary/aromatic N) is 2. The molecule has 2 amide bonds. The predicted molar refractivity (Wildman–Crippen MR) is 104 cm³/mol. The fraction of sp³-hybridized carbons (Fsp3) is 0.263. The zero-order valence-electron chi connectivity index (χ0n) is 14.2. The third kappa shape index (κ3) is 4.54. The van der Waals surface area contributed by atoms with E-state index in [4.69, 9.17) is 34.8 Å². The van der Waals surface area contributed by atoms with Gasteiger partial charge in [0.05, 0.1) is 17.0 Å². The van der Waals surface area contributed by atoms with Gasteiger partial charge < -0.3 is 9.80 Å². The lowest BCUT2D eigenvalue weighted by molar-refractivity contribution is -0.131. The van der Waals surface area contributed by atoms with E-state index >= 15 is 0 Å². The Balaban J connectivity index is 1.61. The fourth-order valence-electron chi connectivity index (χ4n) is 2.96. The summed E-state index contributed by atoms with van der Waals surface area (Å²) in [5, 5.41) is 0.984. The van der Waals surface area contributed by atoms with Crippen molar-refractivity contribution in [3.05, 3.63) is 68.4 Å². The van der Waals surface area contributed by atoms with E-state index in [1.54, 1.807) is 28.0 Å². The molecule has 0 unspecified atom stereocenters. The van der Waals surface area contributed by atoms with Gasteiger partial charge in [0.2, 0.25) is 5.91 Å². The number of carbonyl (C=O) groups is 2. The molecule has 0 saturated carbocycles. The Labute approximate surface area is 171 Å². The fourth-order valence-corrected chi connectivity index (χ4v) is 3.74. The molecule has 1 saturated heterocycles. The standard InChI is InChI=1S/C19H16Cl3FN2O2/c20-15-2-1-3-16(21)14(15)11-18(26)24-6-8-25(9-7-24)19(27)13-5-4-12(23)10-17(13)22/h1-5,10H,6-9,11H2. The number of hydrogen-bond acceptors (Lipinski definition) is 2. The van der Waals surface area contributed by atoms with Crippen molar-refractivity contribution in [1.29, 1.82) is 0 Å². The number of piperazine rings is 1. The second-order valence-corrected chi connectivity index (χ2v) is 7.40. The minimum Gasteiger partial charge on any atom is -0.339 e. The van der Waals surface area contributed by atoms with Gasteiger partial charge in [0.25, 0.3) is 5.91 Å². The van der Waals surface area contributed by atoms with Gasteiger partial charge in [-0.15, -0.1) is 0 Å². The van der Waals surface area contributed by atoms with E-state index in [0.29, 0.717) is 41.8 Å². The van der Waals surface area contributed by atoms with Crippen LogP contribution < -0.4 is 0 Å². The van der Waals surface area contributed by atoms with Crippen molar-refractivity contribution < 1.29 is 14.0 Å². The SMILES string of the molecule is O=C(Cc1c(Cl)cccc1Cl)N1CCN(C(=O)c2ccc(F)cc2Cl)CC1. The molecule has 0 atom stereocenters. The van der Waals surface area contributed by atoms with Gasteiger partial charge in [-0.05, 0) is 35.9 Å². The molecular weight excluding hydrogens is 414 g/mol. The maximum absolute atomic E-state index is 13.2. The molecule has 8 heteroatoms. The number of hydrogen-bond donors (Lipinski definition) is 0. The Morgan fingerprint density at radius 2 is 1.48 bits per heavy atom. The molecule has 3 rings (SSSR count). The Morgan fingerprint density at radius 3 is 2.07 bits per heavy atom. The molecule has 0 aliphatic carbocycles. The quantitative estimate of drug-likeness (QED) is 0.729. The summed E-state index contributed by atoms with van der Waals surface area (Å²) in [5.41, 5.74) is 0.850. The average molecular weight is 430 g/mol. The largest absolute Gasteiger partial charge is 0.339 e. The summed E-state index contributed by atoms with van der Waals surface area (Å²) >= 11 is 18.2. The molecular formula is C19H16Cl3FN2O2. The molecule has 0 bridgehead atoms. The summed E-state index contributed by atoms with van der Waals surface area (Å²) in [7, 11) is 0. The zero-order chi connectivity index (χ0) is 19.6. The zero-order valence-corrected chi connectivity index (χ0v) is 16.5. The molecule has 27 heavy (non-hydrogen) atoms. The summed E-state index contributed by atoms with van der Waals surface area (Å²) in [5.74, 6) is -0.872. The molecule has 4 nitrogen and oxygen atoms in total. The van der Waals surface area contributed by atoms with Gasteiger partial charge in [0.15, 0.2) is 0 Å². The Kier molecular flexibility index (Phi) is 6.25. The predicted octanol–water partition coefficient (Wildman–Crippen LogP) is 4.31. The van der Waals surface area contributed by atoms with Crippen LogP contribution in [-0.2, 0) is 11.2 Å². The van der Waals surface area contributed by atoms with Gasteiger partial charge in [0, 0.05) is 36.2 Å². The van der Waals surface area contributed by atoms with Crippen molar-refractivity contribution in [2.45, 2.75) is 6.42 Å². The third-order valence-corrected chi connectivity index (χ3v) is 5.49. The summed E-state index contributed by atoms with van der Waals surface area (Å²) in [6.07, 6.45) is 0.107. The van der Waals surface area contributed by atoms with Crippen molar-refractivity contribution >= 4 is 46.6 Å². The maximum atomic E-state index is 13.2. The molecule has 1 aliphatic heterocycles. The van der Waals surface area contributed by atoms with E-state index in [2.05, 4.69) is 0 Å². The van der Waals surface area contributed by atoms with Crippen LogP contribution in [0.25, 0.3) is 0 Å². The lowest BCUT2D eigenvalue weighted by atomic mass is 10.1. The summed E-state index contributed by atoms with van der Waals surface area (Å²) < 4.78 is 13.2. The topological polar surface area (TPSA) is 40.6 Å². The minimum absolute atomic E-state index is 0.0758. The summed E-state index contributed by atoms with van der Waals surface area (Å²) in [4.78, 5) is 28.4. The first-order chi connectivity index (χ1) is 12.9. The van der Waals surface area contributed by atoms with E-state index in [1.807, 2.05) is 0 Å². The van der Waals surface area contributed by atoms with Crippen LogP contribution in [0.3, 0.4) is 0 Å². The lowest BCUT2D eigenvalue weighted by Crippen LogP contribution is -2.51. The third-order valence-electron chi connectivity index (χ3n) is 4.47. The van der Waals surface area contributed by atoms with Crippen LogP contribution in [0.1, 0.15) is 15.9 Å². The van der Waals surface area contributed by atoms with Gasteiger partial charge in [-0.25, -0.2) is 4.39 Å². The number of amides is 2. The van der Waals surface area contributed by atoms with Crippen molar-refractivity contribution in [2.75, 3.05) is 26.2 Å². The van der Waals surface area contributed by atoms with E-state index < -0.39 is 5.82 Å². The summed E-state index contributed by atoms with van der Waals surface area (Å²) in [6.45, 7) is 1.53. The first-order valence-electron chi connectivity index (χ1n) is 8.32. The second kappa shape index (κ2) is 8.46. The van der Waals surface area contributed by atoms with Gasteiger partial charge >= 0.3 is 0 Å². The van der Waals surface area contributed by atoms with Crippen LogP contribution >= 0.6 is 34.8 Å². The van der Waals surface area contributed by atoms with Crippen molar-refractivity contribution in [1.82, 2.24) is 9.80 Å².